The molecule has 0 unspecified atom stereocenters. The van der Waals surface area contributed by atoms with Crippen LogP contribution in [0.1, 0.15) is 142 Å². The first-order chi connectivity index (χ1) is 20.7. The van der Waals surface area contributed by atoms with Crippen LogP contribution in [-0.4, -0.2) is 78.0 Å². The summed E-state index contributed by atoms with van der Waals surface area (Å²) in [4.78, 5) is 23.5. The molecule has 0 atom stereocenters. The highest BCUT2D eigenvalue weighted by molar-refractivity contribution is 5.69. The molecule has 0 aromatic carbocycles. The van der Waals surface area contributed by atoms with Gasteiger partial charge in [0.2, 0.25) is 0 Å². The fourth-order valence-corrected chi connectivity index (χ4v) is 4.49. The minimum Gasteiger partial charge on any atom is -0.463 e. The van der Waals surface area contributed by atoms with Crippen molar-refractivity contribution in [2.45, 2.75) is 142 Å². The second-order valence-corrected chi connectivity index (χ2v) is 11.0. The molecule has 0 saturated heterocycles. The van der Waals surface area contributed by atoms with E-state index in [1.807, 2.05) is 0 Å². The van der Waals surface area contributed by atoms with Gasteiger partial charge in [0.15, 0.2) is 0 Å². The number of hydrogen-bond donors (Lipinski definition) is 0. The van der Waals surface area contributed by atoms with Gasteiger partial charge in [-0.15, -0.1) is 0 Å². The molecule has 0 fully saturated rings. The summed E-state index contributed by atoms with van der Waals surface area (Å²) in [6.45, 7) is 8.63. The summed E-state index contributed by atoms with van der Waals surface area (Å²) in [7, 11) is 0. The third kappa shape index (κ3) is 35.0. The predicted octanol–water partition coefficient (Wildman–Crippen LogP) is 7.98. The maximum Gasteiger partial charge on any atom is 0.305 e. The zero-order valence-corrected chi connectivity index (χ0v) is 27.5. The van der Waals surface area contributed by atoms with Gasteiger partial charge in [0, 0.05) is 12.8 Å². The van der Waals surface area contributed by atoms with Crippen LogP contribution in [0.4, 0.5) is 0 Å². The molecule has 250 valence electrons. The van der Waals surface area contributed by atoms with E-state index in [1.165, 1.54) is 89.9 Å². The van der Waals surface area contributed by atoms with E-state index in [9.17, 15) is 9.59 Å². The lowest BCUT2D eigenvalue weighted by Gasteiger charge is -2.08. The van der Waals surface area contributed by atoms with Crippen LogP contribution >= 0.6 is 0 Å². The fourth-order valence-electron chi connectivity index (χ4n) is 4.49. The zero-order valence-electron chi connectivity index (χ0n) is 27.5. The van der Waals surface area contributed by atoms with Crippen molar-refractivity contribution < 1.29 is 38.0 Å². The molecule has 0 aromatic heterocycles. The lowest BCUT2D eigenvalue weighted by atomic mass is 10.1. The van der Waals surface area contributed by atoms with Gasteiger partial charge in [0.05, 0.1) is 52.9 Å². The number of esters is 2. The Kier molecular flexibility index (Phi) is 34.9. The van der Waals surface area contributed by atoms with E-state index in [1.54, 1.807) is 0 Å². The summed E-state index contributed by atoms with van der Waals surface area (Å²) in [6, 6.07) is 0. The first kappa shape index (κ1) is 40.8. The number of carbonyl (C=O) groups is 2. The van der Waals surface area contributed by atoms with Crippen LogP contribution in [0, 0.1) is 0 Å². The van der Waals surface area contributed by atoms with E-state index in [0.29, 0.717) is 65.7 Å². The average molecular weight is 603 g/mol. The van der Waals surface area contributed by atoms with E-state index in [0.717, 1.165) is 25.7 Å². The van der Waals surface area contributed by atoms with Crippen molar-refractivity contribution in [2.24, 2.45) is 0 Å². The largest absolute Gasteiger partial charge is 0.463 e. The molecule has 0 aliphatic heterocycles. The van der Waals surface area contributed by atoms with Gasteiger partial charge in [-0.25, -0.2) is 0 Å². The molecule has 8 nitrogen and oxygen atoms in total. The molecular formula is C34H66O8. The minimum atomic E-state index is -0.135. The Morgan fingerprint density at radius 3 is 0.857 bits per heavy atom. The SMILES string of the molecule is CCCCCCCCCCCC(=O)OCCOCCOCCOCCOCCOC(=O)CCCCCCCCCCC. The molecule has 0 N–H and O–H groups in total. The van der Waals surface area contributed by atoms with E-state index < -0.39 is 0 Å². The third-order valence-corrected chi connectivity index (χ3v) is 7.07. The van der Waals surface area contributed by atoms with Crippen molar-refractivity contribution in [1.82, 2.24) is 0 Å². The highest BCUT2D eigenvalue weighted by Crippen LogP contribution is 2.12. The first-order valence-electron chi connectivity index (χ1n) is 17.3. The van der Waals surface area contributed by atoms with Crippen LogP contribution in [0.15, 0.2) is 0 Å². The van der Waals surface area contributed by atoms with Crippen molar-refractivity contribution >= 4 is 11.9 Å². The van der Waals surface area contributed by atoms with Gasteiger partial charge < -0.3 is 28.4 Å². The van der Waals surface area contributed by atoms with Crippen molar-refractivity contribution in [3.63, 3.8) is 0 Å². The van der Waals surface area contributed by atoms with Crippen molar-refractivity contribution in [3.05, 3.63) is 0 Å². The lowest BCUT2D eigenvalue weighted by molar-refractivity contribution is -0.146. The molecule has 0 amide bonds. The van der Waals surface area contributed by atoms with Gasteiger partial charge in [-0.3, -0.25) is 9.59 Å². The van der Waals surface area contributed by atoms with Crippen LogP contribution in [0.3, 0.4) is 0 Å². The van der Waals surface area contributed by atoms with Gasteiger partial charge in [0.1, 0.15) is 13.2 Å². The van der Waals surface area contributed by atoms with Crippen molar-refractivity contribution in [2.75, 3.05) is 66.1 Å². The topological polar surface area (TPSA) is 89.5 Å². The van der Waals surface area contributed by atoms with Gasteiger partial charge in [-0.05, 0) is 12.8 Å². The Morgan fingerprint density at radius 1 is 0.333 bits per heavy atom. The summed E-state index contributed by atoms with van der Waals surface area (Å²) in [5.41, 5.74) is 0. The lowest BCUT2D eigenvalue weighted by Crippen LogP contribution is -2.15. The van der Waals surface area contributed by atoms with Crippen LogP contribution < -0.4 is 0 Å². The molecule has 8 heteroatoms. The average Bonchev–Trinajstić information content (AvgIpc) is 2.99. The first-order valence-corrected chi connectivity index (χ1v) is 17.3. The van der Waals surface area contributed by atoms with Crippen LogP contribution in [-0.2, 0) is 38.0 Å². The molecule has 0 saturated carbocycles. The molecule has 0 radical (unpaired) electrons. The Bertz CT molecular complexity index is 510. The van der Waals surface area contributed by atoms with E-state index in [4.69, 9.17) is 28.4 Å². The summed E-state index contributed by atoms with van der Waals surface area (Å²) >= 11 is 0. The molecule has 0 aromatic rings. The zero-order chi connectivity index (χ0) is 30.6. The van der Waals surface area contributed by atoms with Gasteiger partial charge in [0.25, 0.3) is 0 Å². The highest BCUT2D eigenvalue weighted by Gasteiger charge is 2.04. The van der Waals surface area contributed by atoms with E-state index in [-0.39, 0.29) is 25.2 Å². The second-order valence-electron chi connectivity index (χ2n) is 11.0. The van der Waals surface area contributed by atoms with Crippen molar-refractivity contribution in [3.8, 4) is 0 Å². The highest BCUT2D eigenvalue weighted by atomic mass is 16.6. The van der Waals surface area contributed by atoms with Gasteiger partial charge in [-0.2, -0.15) is 0 Å². The van der Waals surface area contributed by atoms with Gasteiger partial charge >= 0.3 is 11.9 Å². The monoisotopic (exact) mass is 602 g/mol. The van der Waals surface area contributed by atoms with E-state index >= 15 is 0 Å². The van der Waals surface area contributed by atoms with E-state index in [2.05, 4.69) is 13.8 Å². The quantitative estimate of drug-likeness (QED) is 0.0533. The second kappa shape index (κ2) is 36.0. The number of hydrogen-bond acceptors (Lipinski definition) is 8. The number of ether oxygens (including phenoxy) is 6. The normalized spacial score (nSPS) is 11.2. The standard InChI is InChI=1S/C34H66O8/c1-3-5-7-9-11-13-15-17-19-21-33(35)41-31-29-39-27-25-37-23-24-38-26-28-40-30-32-42-34(36)22-20-18-16-14-12-10-8-6-4-2/h3-32H2,1-2H3. The maximum atomic E-state index is 11.8. The molecule has 0 aliphatic carbocycles. The number of rotatable bonds is 35. The summed E-state index contributed by atoms with van der Waals surface area (Å²) in [5, 5.41) is 0. The Balaban J connectivity index is 3.20. The van der Waals surface area contributed by atoms with Crippen molar-refractivity contribution in [1.29, 1.82) is 0 Å². The summed E-state index contributed by atoms with van der Waals surface area (Å²) in [5.74, 6) is -0.270. The fraction of sp³-hybridized carbons (Fsp3) is 0.941. The minimum absolute atomic E-state index is 0.135. The number of unbranched alkanes of at least 4 members (excludes halogenated alkanes) is 16. The van der Waals surface area contributed by atoms with Crippen LogP contribution in [0.5, 0.6) is 0 Å². The molecule has 0 aliphatic rings. The smallest absolute Gasteiger partial charge is 0.305 e. The molecule has 0 heterocycles. The molecule has 0 spiro atoms. The molecular weight excluding hydrogens is 536 g/mol. The molecule has 0 rings (SSSR count). The molecule has 0 bridgehead atoms. The van der Waals surface area contributed by atoms with Gasteiger partial charge in [-0.1, -0.05) is 117 Å². The maximum absolute atomic E-state index is 11.8. The molecule has 42 heavy (non-hydrogen) atoms. The van der Waals surface area contributed by atoms with Crippen LogP contribution in [0.2, 0.25) is 0 Å². The Morgan fingerprint density at radius 2 is 0.571 bits per heavy atom. The Labute approximate surface area is 258 Å². The summed E-state index contributed by atoms with van der Waals surface area (Å²) in [6.07, 6.45) is 23.2. The summed E-state index contributed by atoms with van der Waals surface area (Å²) < 4.78 is 32.2. The number of carbonyl (C=O) groups excluding carboxylic acids is 2. The third-order valence-electron chi connectivity index (χ3n) is 7.07. The predicted molar refractivity (Wildman–Crippen MR) is 169 cm³/mol. The van der Waals surface area contributed by atoms with Crippen LogP contribution in [0.25, 0.3) is 0 Å². The Hall–Kier alpha value is -1.22.